The minimum Gasteiger partial charge on any atom is -0.480 e. The van der Waals surface area contributed by atoms with Crippen molar-refractivity contribution in [2.75, 3.05) is 0 Å². The van der Waals surface area contributed by atoms with E-state index in [0.29, 0.717) is 6.42 Å². The van der Waals surface area contributed by atoms with Crippen LogP contribution in [0.25, 0.3) is 0 Å². The van der Waals surface area contributed by atoms with E-state index < -0.39 is 22.8 Å². The molecule has 0 aromatic rings. The van der Waals surface area contributed by atoms with Crippen LogP contribution in [0.2, 0.25) is 0 Å². The van der Waals surface area contributed by atoms with Gasteiger partial charge in [-0.2, -0.15) is 0 Å². The first-order chi connectivity index (χ1) is 6.49. The second-order valence-electron chi connectivity index (χ2n) is 2.84. The Kier molecular flexibility index (Phi) is 6.66. The molecule has 0 aromatic carbocycles. The molecule has 0 radical (unpaired) electrons. The van der Waals surface area contributed by atoms with Crippen LogP contribution in [0.4, 0.5) is 0 Å². The molecule has 6 heteroatoms. The lowest BCUT2D eigenvalue weighted by atomic mass is 10.1. The van der Waals surface area contributed by atoms with E-state index in [1.54, 1.807) is 0 Å². The van der Waals surface area contributed by atoms with Gasteiger partial charge in [0, 0.05) is 0 Å². The predicted molar refractivity (Wildman–Crippen MR) is 54.6 cm³/mol. The summed E-state index contributed by atoms with van der Waals surface area (Å²) in [7, 11) is 0. The SMILES string of the molecule is CCCC[C@@H](NC(=O)C(Cl)Cl)C(=O)O. The lowest BCUT2D eigenvalue weighted by molar-refractivity contribution is -0.141. The molecule has 1 amide bonds. The standard InChI is InChI=1S/C8H13Cl2NO3/c1-2-3-4-5(8(13)14)11-7(12)6(9)10/h5-6H,2-4H2,1H3,(H,11,12)(H,13,14)/t5-/m1/s1. The maximum Gasteiger partial charge on any atom is 0.326 e. The first-order valence-corrected chi connectivity index (χ1v) is 5.17. The zero-order valence-electron chi connectivity index (χ0n) is 7.80. The first kappa shape index (κ1) is 13.5. The van der Waals surface area contributed by atoms with Gasteiger partial charge in [-0.05, 0) is 6.42 Å². The second kappa shape index (κ2) is 6.90. The van der Waals surface area contributed by atoms with E-state index in [-0.39, 0.29) is 0 Å². The predicted octanol–water partition coefficient (Wildman–Crippen LogP) is 1.55. The molecule has 0 bridgehead atoms. The average Bonchev–Trinajstić information content (AvgIpc) is 2.10. The fourth-order valence-corrected chi connectivity index (χ4v) is 1.03. The van der Waals surface area contributed by atoms with Crippen LogP contribution in [-0.4, -0.2) is 27.9 Å². The quantitative estimate of drug-likeness (QED) is 0.694. The van der Waals surface area contributed by atoms with Crippen molar-refractivity contribution < 1.29 is 14.7 Å². The lowest BCUT2D eigenvalue weighted by Crippen LogP contribution is -2.42. The number of carbonyl (C=O) groups is 2. The van der Waals surface area contributed by atoms with Gasteiger partial charge in [0.25, 0.3) is 5.91 Å². The Labute approximate surface area is 92.6 Å². The number of hydrogen-bond donors (Lipinski definition) is 2. The van der Waals surface area contributed by atoms with Crippen molar-refractivity contribution in [1.82, 2.24) is 5.32 Å². The van der Waals surface area contributed by atoms with Gasteiger partial charge in [-0.1, -0.05) is 43.0 Å². The van der Waals surface area contributed by atoms with Gasteiger partial charge in [-0.15, -0.1) is 0 Å². The summed E-state index contributed by atoms with van der Waals surface area (Å²) in [6.45, 7) is 1.94. The Balaban J connectivity index is 4.09. The lowest BCUT2D eigenvalue weighted by Gasteiger charge is -2.14. The topological polar surface area (TPSA) is 66.4 Å². The number of nitrogens with one attached hydrogen (secondary N) is 1. The minimum absolute atomic E-state index is 0.387. The summed E-state index contributed by atoms with van der Waals surface area (Å²) in [6.07, 6.45) is 1.98. The molecule has 0 saturated heterocycles. The average molecular weight is 242 g/mol. The Hall–Kier alpha value is -0.480. The van der Waals surface area contributed by atoms with Crippen LogP contribution in [0.1, 0.15) is 26.2 Å². The van der Waals surface area contributed by atoms with Gasteiger partial charge in [0.05, 0.1) is 0 Å². The van der Waals surface area contributed by atoms with Gasteiger partial charge in [0.15, 0.2) is 4.84 Å². The van der Waals surface area contributed by atoms with E-state index in [9.17, 15) is 9.59 Å². The Morgan fingerprint density at radius 1 is 1.43 bits per heavy atom. The molecule has 0 aliphatic carbocycles. The number of halogens is 2. The Morgan fingerprint density at radius 3 is 2.36 bits per heavy atom. The molecule has 4 nitrogen and oxygen atoms in total. The third kappa shape index (κ3) is 5.29. The summed E-state index contributed by atoms with van der Waals surface area (Å²) in [5, 5.41) is 11.0. The summed E-state index contributed by atoms with van der Waals surface area (Å²) in [5.74, 6) is -1.74. The van der Waals surface area contributed by atoms with Crippen molar-refractivity contribution in [2.24, 2.45) is 0 Å². The van der Waals surface area contributed by atoms with Crippen LogP contribution in [0.5, 0.6) is 0 Å². The van der Waals surface area contributed by atoms with Gasteiger partial charge >= 0.3 is 5.97 Å². The van der Waals surface area contributed by atoms with Crippen molar-refractivity contribution in [3.05, 3.63) is 0 Å². The third-order valence-electron chi connectivity index (χ3n) is 1.66. The Bertz CT molecular complexity index is 209. The van der Waals surface area contributed by atoms with E-state index in [4.69, 9.17) is 28.3 Å². The molecule has 1 atom stereocenters. The zero-order valence-corrected chi connectivity index (χ0v) is 9.31. The van der Waals surface area contributed by atoms with E-state index in [1.807, 2.05) is 6.92 Å². The largest absolute Gasteiger partial charge is 0.480 e. The molecule has 0 aromatic heterocycles. The van der Waals surface area contributed by atoms with Crippen molar-refractivity contribution >= 4 is 35.1 Å². The van der Waals surface area contributed by atoms with E-state index in [0.717, 1.165) is 12.8 Å². The van der Waals surface area contributed by atoms with Crippen LogP contribution in [0.15, 0.2) is 0 Å². The molecule has 2 N–H and O–H groups in total. The molecule has 0 saturated carbocycles. The number of carboxylic acids is 1. The van der Waals surface area contributed by atoms with E-state index in [1.165, 1.54) is 0 Å². The fraction of sp³-hybridized carbons (Fsp3) is 0.750. The van der Waals surface area contributed by atoms with Gasteiger partial charge < -0.3 is 10.4 Å². The molecular formula is C8H13Cl2NO3. The van der Waals surface area contributed by atoms with Gasteiger partial charge in [-0.25, -0.2) is 4.79 Å². The van der Waals surface area contributed by atoms with Gasteiger partial charge in [0.1, 0.15) is 6.04 Å². The second-order valence-corrected chi connectivity index (χ2v) is 3.94. The van der Waals surface area contributed by atoms with E-state index in [2.05, 4.69) is 5.32 Å². The maximum absolute atomic E-state index is 11.0. The summed E-state index contributed by atoms with van der Waals surface area (Å²) in [4.78, 5) is 20.4. The van der Waals surface area contributed by atoms with E-state index >= 15 is 0 Å². The molecule has 14 heavy (non-hydrogen) atoms. The van der Waals surface area contributed by atoms with Crippen LogP contribution < -0.4 is 5.32 Å². The van der Waals surface area contributed by atoms with Crippen molar-refractivity contribution in [2.45, 2.75) is 37.1 Å². The molecule has 0 aliphatic heterocycles. The van der Waals surface area contributed by atoms with Crippen molar-refractivity contribution in [3.8, 4) is 0 Å². The maximum atomic E-state index is 11.0. The summed E-state index contributed by atoms with van der Waals surface area (Å²) in [6, 6.07) is -0.901. The highest BCUT2D eigenvalue weighted by molar-refractivity contribution is 6.53. The first-order valence-electron chi connectivity index (χ1n) is 4.30. The number of hydrogen-bond acceptors (Lipinski definition) is 2. The van der Waals surface area contributed by atoms with Crippen molar-refractivity contribution in [3.63, 3.8) is 0 Å². The summed E-state index contributed by atoms with van der Waals surface area (Å²) >= 11 is 10.5. The van der Waals surface area contributed by atoms with Crippen molar-refractivity contribution in [1.29, 1.82) is 0 Å². The molecule has 0 rings (SSSR count). The highest BCUT2D eigenvalue weighted by Gasteiger charge is 2.21. The molecule has 0 heterocycles. The van der Waals surface area contributed by atoms with Gasteiger partial charge in [0.2, 0.25) is 0 Å². The number of alkyl halides is 2. The highest BCUT2D eigenvalue weighted by Crippen LogP contribution is 2.05. The molecule has 82 valence electrons. The minimum atomic E-state index is -1.22. The van der Waals surface area contributed by atoms with Crippen LogP contribution in [-0.2, 0) is 9.59 Å². The molecule has 0 spiro atoms. The fourth-order valence-electron chi connectivity index (χ4n) is 0.900. The zero-order chi connectivity index (χ0) is 11.1. The van der Waals surface area contributed by atoms with Crippen LogP contribution in [0.3, 0.4) is 0 Å². The Morgan fingerprint density at radius 2 is 2.00 bits per heavy atom. The number of unbranched alkanes of at least 4 members (excludes halogenated alkanes) is 1. The normalized spacial score (nSPS) is 12.6. The third-order valence-corrected chi connectivity index (χ3v) is 2.06. The smallest absolute Gasteiger partial charge is 0.326 e. The number of carbonyl (C=O) groups excluding carboxylic acids is 1. The molecule has 0 fully saturated rings. The number of rotatable bonds is 6. The molecular weight excluding hydrogens is 229 g/mol. The number of carboxylic acid groups (broad SMARTS) is 1. The molecule has 0 unspecified atom stereocenters. The summed E-state index contributed by atoms with van der Waals surface area (Å²) in [5.41, 5.74) is 0. The number of amides is 1. The summed E-state index contributed by atoms with van der Waals surface area (Å²) < 4.78 is 0. The highest BCUT2D eigenvalue weighted by atomic mass is 35.5. The number of aliphatic carboxylic acids is 1. The van der Waals surface area contributed by atoms with Gasteiger partial charge in [-0.3, -0.25) is 4.79 Å². The van der Waals surface area contributed by atoms with Crippen LogP contribution in [0, 0.1) is 0 Å². The van der Waals surface area contributed by atoms with Crippen LogP contribution >= 0.6 is 23.2 Å². The molecule has 0 aliphatic rings. The monoisotopic (exact) mass is 241 g/mol.